The summed E-state index contributed by atoms with van der Waals surface area (Å²) in [5.41, 5.74) is 0.0516. The van der Waals surface area contributed by atoms with Crippen molar-refractivity contribution in [2.45, 2.75) is 25.4 Å². The van der Waals surface area contributed by atoms with Crippen LogP contribution in [0.5, 0.6) is 0 Å². The average molecular weight is 318 g/mol. The standard InChI is InChI=1S/C16H15FN2O4/c1-22-16(21)13-9-23-14(18-13)8-19(10-6-7-10)15(20)11-4-2-3-5-12(11)17/h2-5,9-10H,6-8H2,1H3. The predicted molar refractivity (Wildman–Crippen MR) is 77.1 cm³/mol. The number of esters is 1. The van der Waals surface area contributed by atoms with Crippen molar-refractivity contribution in [3.63, 3.8) is 0 Å². The second-order valence-electron chi connectivity index (χ2n) is 5.26. The summed E-state index contributed by atoms with van der Waals surface area (Å²) in [6.45, 7) is 0.0782. The Morgan fingerprint density at radius 2 is 2.13 bits per heavy atom. The molecule has 1 aliphatic rings. The Morgan fingerprint density at radius 3 is 2.78 bits per heavy atom. The number of oxazole rings is 1. The molecule has 1 saturated carbocycles. The van der Waals surface area contributed by atoms with Gasteiger partial charge in [-0.05, 0) is 25.0 Å². The summed E-state index contributed by atoms with van der Waals surface area (Å²) >= 11 is 0. The number of halogens is 1. The van der Waals surface area contributed by atoms with Gasteiger partial charge in [-0.3, -0.25) is 4.79 Å². The second-order valence-corrected chi connectivity index (χ2v) is 5.26. The summed E-state index contributed by atoms with van der Waals surface area (Å²) in [4.78, 5) is 29.5. The van der Waals surface area contributed by atoms with Crippen LogP contribution in [0, 0.1) is 5.82 Å². The van der Waals surface area contributed by atoms with Crippen LogP contribution in [0.4, 0.5) is 4.39 Å². The molecule has 1 aromatic heterocycles. The molecule has 120 valence electrons. The van der Waals surface area contributed by atoms with Crippen LogP contribution in [0.15, 0.2) is 34.9 Å². The molecule has 1 fully saturated rings. The lowest BCUT2D eigenvalue weighted by molar-refractivity contribution is 0.0594. The maximum Gasteiger partial charge on any atom is 0.360 e. The first-order chi connectivity index (χ1) is 11.1. The number of hydrogen-bond donors (Lipinski definition) is 0. The third kappa shape index (κ3) is 3.23. The van der Waals surface area contributed by atoms with Gasteiger partial charge >= 0.3 is 5.97 Å². The van der Waals surface area contributed by atoms with Crippen molar-refractivity contribution >= 4 is 11.9 Å². The van der Waals surface area contributed by atoms with Crippen LogP contribution in [0.1, 0.15) is 39.6 Å². The summed E-state index contributed by atoms with van der Waals surface area (Å²) in [6, 6.07) is 5.88. The van der Waals surface area contributed by atoms with Crippen molar-refractivity contribution in [1.82, 2.24) is 9.88 Å². The number of carbonyl (C=O) groups excluding carboxylic acids is 2. The highest BCUT2D eigenvalue weighted by atomic mass is 19.1. The molecule has 1 aromatic carbocycles. The van der Waals surface area contributed by atoms with Gasteiger partial charge in [-0.1, -0.05) is 12.1 Å². The van der Waals surface area contributed by atoms with E-state index in [1.54, 1.807) is 6.07 Å². The van der Waals surface area contributed by atoms with E-state index in [4.69, 9.17) is 4.42 Å². The van der Waals surface area contributed by atoms with Crippen LogP contribution in [0.3, 0.4) is 0 Å². The minimum Gasteiger partial charge on any atom is -0.464 e. The number of nitrogens with zero attached hydrogens (tertiary/aromatic N) is 2. The lowest BCUT2D eigenvalue weighted by Crippen LogP contribution is -2.33. The van der Waals surface area contributed by atoms with Crippen molar-refractivity contribution in [1.29, 1.82) is 0 Å². The molecular formula is C16H15FN2O4. The Hall–Kier alpha value is -2.70. The zero-order chi connectivity index (χ0) is 16.4. The SMILES string of the molecule is COC(=O)c1coc(CN(C(=O)c2ccccc2F)C2CC2)n1. The van der Waals surface area contributed by atoms with Gasteiger partial charge in [0.25, 0.3) is 5.91 Å². The zero-order valence-corrected chi connectivity index (χ0v) is 12.5. The van der Waals surface area contributed by atoms with Crippen LogP contribution in [-0.2, 0) is 11.3 Å². The highest BCUT2D eigenvalue weighted by Gasteiger charge is 2.35. The highest BCUT2D eigenvalue weighted by molar-refractivity contribution is 5.94. The van der Waals surface area contributed by atoms with Gasteiger partial charge in [0.2, 0.25) is 5.89 Å². The van der Waals surface area contributed by atoms with E-state index in [1.165, 1.54) is 36.5 Å². The molecule has 0 saturated heterocycles. The average Bonchev–Trinajstić information content (AvgIpc) is 3.30. The van der Waals surface area contributed by atoms with E-state index in [2.05, 4.69) is 9.72 Å². The van der Waals surface area contributed by atoms with Gasteiger partial charge in [0, 0.05) is 6.04 Å². The van der Waals surface area contributed by atoms with E-state index in [0.29, 0.717) is 0 Å². The normalized spacial score (nSPS) is 13.7. The highest BCUT2D eigenvalue weighted by Crippen LogP contribution is 2.30. The van der Waals surface area contributed by atoms with Gasteiger partial charge in [-0.25, -0.2) is 14.2 Å². The Labute approximate surface area is 131 Å². The quantitative estimate of drug-likeness (QED) is 0.792. The minimum absolute atomic E-state index is 0.0131. The summed E-state index contributed by atoms with van der Waals surface area (Å²) in [5, 5.41) is 0. The number of rotatable bonds is 5. The zero-order valence-electron chi connectivity index (χ0n) is 12.5. The van der Waals surface area contributed by atoms with E-state index < -0.39 is 17.7 Å². The van der Waals surface area contributed by atoms with Gasteiger partial charge in [0.05, 0.1) is 19.2 Å². The Kier molecular flexibility index (Phi) is 4.10. The maximum absolute atomic E-state index is 13.8. The number of carbonyl (C=O) groups is 2. The first kappa shape index (κ1) is 15.2. The molecule has 3 rings (SSSR count). The molecular weight excluding hydrogens is 303 g/mol. The number of aromatic nitrogens is 1. The van der Waals surface area contributed by atoms with Crippen LogP contribution < -0.4 is 0 Å². The lowest BCUT2D eigenvalue weighted by atomic mass is 10.2. The van der Waals surface area contributed by atoms with Crippen molar-refractivity contribution < 1.29 is 23.1 Å². The summed E-state index contributed by atoms with van der Waals surface area (Å²) in [6.07, 6.45) is 2.88. The second kappa shape index (κ2) is 6.20. The monoisotopic (exact) mass is 318 g/mol. The molecule has 0 aliphatic heterocycles. The molecule has 0 atom stereocenters. The van der Waals surface area contributed by atoms with Crippen LogP contribution >= 0.6 is 0 Å². The van der Waals surface area contributed by atoms with Crippen molar-refractivity contribution in [3.05, 3.63) is 53.5 Å². The Morgan fingerprint density at radius 1 is 1.39 bits per heavy atom. The fraction of sp³-hybridized carbons (Fsp3) is 0.312. The van der Waals surface area contributed by atoms with Crippen molar-refractivity contribution in [2.75, 3.05) is 7.11 Å². The molecule has 1 aliphatic carbocycles. The van der Waals surface area contributed by atoms with Gasteiger partial charge in [-0.2, -0.15) is 0 Å². The van der Waals surface area contributed by atoms with E-state index >= 15 is 0 Å². The lowest BCUT2D eigenvalue weighted by Gasteiger charge is -2.21. The van der Waals surface area contributed by atoms with E-state index in [0.717, 1.165) is 12.8 Å². The van der Waals surface area contributed by atoms with Crippen LogP contribution in [0.2, 0.25) is 0 Å². The van der Waals surface area contributed by atoms with Crippen LogP contribution in [-0.4, -0.2) is 34.9 Å². The molecule has 0 radical (unpaired) electrons. The molecule has 0 unspecified atom stereocenters. The third-order valence-corrected chi connectivity index (χ3v) is 3.60. The number of benzene rings is 1. The fourth-order valence-electron chi connectivity index (χ4n) is 2.27. The topological polar surface area (TPSA) is 72.6 Å². The first-order valence-electron chi connectivity index (χ1n) is 7.18. The predicted octanol–water partition coefficient (Wildman–Crippen LogP) is 2.41. The van der Waals surface area contributed by atoms with Crippen molar-refractivity contribution in [2.24, 2.45) is 0 Å². The minimum atomic E-state index is -0.613. The number of hydrogen-bond acceptors (Lipinski definition) is 5. The summed E-state index contributed by atoms with van der Waals surface area (Å²) < 4.78 is 23.6. The molecule has 23 heavy (non-hydrogen) atoms. The molecule has 0 N–H and O–H groups in total. The van der Waals surface area contributed by atoms with E-state index in [9.17, 15) is 14.0 Å². The Balaban J connectivity index is 1.80. The van der Waals surface area contributed by atoms with Crippen molar-refractivity contribution in [3.8, 4) is 0 Å². The number of methoxy groups -OCH3 is 1. The van der Waals surface area contributed by atoms with Gasteiger partial charge < -0.3 is 14.1 Å². The number of ether oxygens (including phenoxy) is 1. The van der Waals surface area contributed by atoms with E-state index in [-0.39, 0.29) is 29.7 Å². The smallest absolute Gasteiger partial charge is 0.360 e. The maximum atomic E-state index is 13.8. The molecule has 7 heteroatoms. The molecule has 1 heterocycles. The molecule has 0 bridgehead atoms. The van der Waals surface area contributed by atoms with E-state index in [1.807, 2.05) is 0 Å². The van der Waals surface area contributed by atoms with Gasteiger partial charge in [-0.15, -0.1) is 0 Å². The van der Waals surface area contributed by atoms with Crippen LogP contribution in [0.25, 0.3) is 0 Å². The third-order valence-electron chi connectivity index (χ3n) is 3.60. The Bertz CT molecular complexity index is 739. The molecule has 6 nitrogen and oxygen atoms in total. The summed E-state index contributed by atoms with van der Waals surface area (Å²) in [7, 11) is 1.24. The fourth-order valence-corrected chi connectivity index (χ4v) is 2.27. The molecule has 1 amide bonds. The molecule has 0 spiro atoms. The van der Waals surface area contributed by atoms with Gasteiger partial charge in [0.1, 0.15) is 12.1 Å². The first-order valence-corrected chi connectivity index (χ1v) is 7.18. The van der Waals surface area contributed by atoms with Gasteiger partial charge in [0.15, 0.2) is 5.69 Å². The largest absolute Gasteiger partial charge is 0.464 e. The summed E-state index contributed by atoms with van der Waals surface area (Å²) in [5.74, 6) is -1.38. The molecule has 2 aromatic rings. The number of amides is 1.